The van der Waals surface area contributed by atoms with Gasteiger partial charge in [-0.2, -0.15) is 0 Å². The lowest BCUT2D eigenvalue weighted by Gasteiger charge is -2.14. The van der Waals surface area contributed by atoms with Crippen LogP contribution in [0.5, 0.6) is 0 Å². The first-order valence-corrected chi connectivity index (χ1v) is 14.7. The first-order chi connectivity index (χ1) is 19.2. The van der Waals surface area contributed by atoms with Crippen molar-refractivity contribution in [1.29, 1.82) is 0 Å². The minimum Gasteiger partial charge on any atom is -0.463 e. The number of carbonyl (C=O) groups is 1. The Hall–Kier alpha value is -4.36. The van der Waals surface area contributed by atoms with Gasteiger partial charge < -0.3 is 19.1 Å². The molecule has 5 rings (SSSR count). The molecule has 0 bridgehead atoms. The molecule has 4 aromatic heterocycles. The first-order valence-electron chi connectivity index (χ1n) is 12.3. The Morgan fingerprint density at radius 2 is 1.62 bits per heavy atom. The number of aryl methyl sites for hydroxylation is 2. The van der Waals surface area contributed by atoms with Gasteiger partial charge in [0.05, 0.1) is 22.7 Å². The predicted octanol–water partition coefficient (Wildman–Crippen LogP) is 5.65. The van der Waals surface area contributed by atoms with E-state index in [1.807, 2.05) is 13.0 Å². The number of aromatic nitrogens is 4. The van der Waals surface area contributed by atoms with E-state index in [4.69, 9.17) is 8.83 Å². The molecule has 1 aromatic carbocycles. The van der Waals surface area contributed by atoms with E-state index < -0.39 is 15.3 Å². The second kappa shape index (κ2) is 11.4. The molecule has 0 aliphatic carbocycles. The largest absolute Gasteiger partial charge is 0.463 e. The molecule has 0 saturated carbocycles. The van der Waals surface area contributed by atoms with Gasteiger partial charge in [-0.15, -0.1) is 0 Å². The van der Waals surface area contributed by atoms with Crippen LogP contribution in [0.25, 0.3) is 22.9 Å². The van der Waals surface area contributed by atoms with Crippen LogP contribution in [-0.4, -0.2) is 39.5 Å². The highest BCUT2D eigenvalue weighted by atomic mass is 32.2. The maximum Gasteiger partial charge on any atom is 0.264 e. The van der Waals surface area contributed by atoms with Crippen molar-refractivity contribution in [2.24, 2.45) is 0 Å². The number of nitrogens with zero attached hydrogens (tertiary/aromatic N) is 3. The zero-order valence-electron chi connectivity index (χ0n) is 21.8. The van der Waals surface area contributed by atoms with E-state index in [0.717, 1.165) is 0 Å². The zero-order valence-corrected chi connectivity index (χ0v) is 23.5. The van der Waals surface area contributed by atoms with Gasteiger partial charge in [0.25, 0.3) is 10.0 Å². The van der Waals surface area contributed by atoms with Gasteiger partial charge >= 0.3 is 0 Å². The van der Waals surface area contributed by atoms with E-state index in [1.165, 1.54) is 36.0 Å². The van der Waals surface area contributed by atoms with E-state index in [1.54, 1.807) is 50.6 Å². The van der Waals surface area contributed by atoms with Crippen LogP contribution in [0.4, 0.5) is 11.6 Å². The first kappa shape index (κ1) is 27.2. The van der Waals surface area contributed by atoms with Gasteiger partial charge in [0.15, 0.2) is 16.7 Å². The number of hydrogen-bond donors (Lipinski definition) is 3. The zero-order chi connectivity index (χ0) is 28.3. The molecule has 40 heavy (non-hydrogen) atoms. The number of amides is 1. The van der Waals surface area contributed by atoms with Crippen LogP contribution < -0.4 is 10.0 Å². The van der Waals surface area contributed by atoms with Gasteiger partial charge in [0.1, 0.15) is 11.4 Å². The van der Waals surface area contributed by atoms with Crippen molar-refractivity contribution in [3.05, 3.63) is 78.5 Å². The fourth-order valence-corrected chi connectivity index (χ4v) is 5.80. The number of aromatic amines is 1. The maximum atomic E-state index is 13.1. The lowest BCUT2D eigenvalue weighted by atomic mass is 10.2. The molecule has 11 nitrogen and oxygen atoms in total. The second-order valence-corrected chi connectivity index (χ2v) is 11.7. The van der Waals surface area contributed by atoms with Crippen LogP contribution in [-0.2, 0) is 14.8 Å². The number of nitrogens with one attached hydrogen (secondary N) is 3. The number of furan rings is 2. The average Bonchev–Trinajstić information content (AvgIpc) is 3.68. The highest BCUT2D eigenvalue weighted by Gasteiger charge is 2.24. The van der Waals surface area contributed by atoms with Gasteiger partial charge in [-0.05, 0) is 74.9 Å². The Labute approximate surface area is 234 Å². The smallest absolute Gasteiger partial charge is 0.264 e. The van der Waals surface area contributed by atoms with Crippen molar-refractivity contribution in [3.8, 4) is 22.9 Å². The van der Waals surface area contributed by atoms with Gasteiger partial charge in [0.2, 0.25) is 11.9 Å². The van der Waals surface area contributed by atoms with E-state index in [2.05, 4.69) is 30.0 Å². The van der Waals surface area contributed by atoms with Crippen molar-refractivity contribution in [1.82, 2.24) is 19.9 Å². The lowest BCUT2D eigenvalue weighted by molar-refractivity contribution is -0.115. The molecule has 13 heteroatoms. The molecule has 0 radical (unpaired) electrons. The molecule has 0 aliphatic heterocycles. The number of sulfonamides is 1. The summed E-state index contributed by atoms with van der Waals surface area (Å²) in [5, 5.41) is 2.90. The highest BCUT2D eigenvalue weighted by Crippen LogP contribution is 2.35. The van der Waals surface area contributed by atoms with E-state index in [0.29, 0.717) is 51.6 Å². The Bertz CT molecular complexity index is 1640. The summed E-state index contributed by atoms with van der Waals surface area (Å²) in [6.07, 6.45) is 3.66. The number of H-pyrrole nitrogens is 1. The minimum atomic E-state index is -3.91. The summed E-state index contributed by atoms with van der Waals surface area (Å²) >= 11 is 1.27. The van der Waals surface area contributed by atoms with Gasteiger partial charge in [-0.1, -0.05) is 18.7 Å². The summed E-state index contributed by atoms with van der Waals surface area (Å²) in [4.78, 5) is 29.3. The van der Waals surface area contributed by atoms with Crippen molar-refractivity contribution in [2.45, 2.75) is 42.5 Å². The summed E-state index contributed by atoms with van der Waals surface area (Å²) in [5.41, 5.74) is 2.98. The molecule has 206 valence electrons. The molecule has 0 spiro atoms. The van der Waals surface area contributed by atoms with Gasteiger partial charge in [-0.25, -0.2) is 28.1 Å². The van der Waals surface area contributed by atoms with Crippen LogP contribution in [0.3, 0.4) is 0 Å². The Morgan fingerprint density at radius 1 is 0.975 bits per heavy atom. The standard InChI is InChI=1S/C27H26N6O5S2/c1-4-22(39-27-31-23(20-7-5-13-37-20)24(32-27)21-8-6-14-38-21)25(34)30-18-9-11-19(12-10-18)40(35,36)33-26-28-16(2)15-17(3)29-26/h5-15,22H,4H2,1-3H3,(H,30,34)(H,31,32)(H,28,29,33). The normalized spacial score (nSPS) is 12.3. The predicted molar refractivity (Wildman–Crippen MR) is 151 cm³/mol. The number of anilines is 2. The highest BCUT2D eigenvalue weighted by molar-refractivity contribution is 8.00. The summed E-state index contributed by atoms with van der Waals surface area (Å²) < 4.78 is 39.1. The van der Waals surface area contributed by atoms with Crippen LogP contribution in [0, 0.1) is 13.8 Å². The fourth-order valence-electron chi connectivity index (χ4n) is 3.95. The third-order valence-electron chi connectivity index (χ3n) is 5.76. The molecule has 4 heterocycles. The number of thioether (sulfide) groups is 1. The lowest BCUT2D eigenvalue weighted by Crippen LogP contribution is -2.24. The molecule has 3 N–H and O–H groups in total. The second-order valence-electron chi connectivity index (χ2n) is 8.83. The molecule has 5 aromatic rings. The van der Waals surface area contributed by atoms with Crippen molar-refractivity contribution >= 4 is 39.3 Å². The Morgan fingerprint density at radius 3 is 2.23 bits per heavy atom. The average molecular weight is 579 g/mol. The van der Waals surface area contributed by atoms with Crippen molar-refractivity contribution in [3.63, 3.8) is 0 Å². The molecule has 1 amide bonds. The molecule has 0 saturated heterocycles. The number of imidazole rings is 1. The number of benzene rings is 1. The molecular formula is C27H26N6O5S2. The molecular weight excluding hydrogens is 552 g/mol. The SMILES string of the molecule is CCC(Sc1nc(-c2ccco2)c(-c2ccco2)[nH]1)C(=O)Nc1ccc(S(=O)(=O)Nc2nc(C)cc(C)n2)cc1. The molecule has 1 atom stereocenters. The van der Waals surface area contributed by atoms with Gasteiger partial charge in [-0.3, -0.25) is 4.79 Å². The quantitative estimate of drug-likeness (QED) is 0.178. The number of carbonyl (C=O) groups excluding carboxylic acids is 1. The van der Waals surface area contributed by atoms with E-state index >= 15 is 0 Å². The molecule has 0 fully saturated rings. The van der Waals surface area contributed by atoms with Crippen molar-refractivity contribution < 1.29 is 22.0 Å². The molecule has 0 aliphatic rings. The van der Waals surface area contributed by atoms with Crippen LogP contribution in [0.15, 0.2) is 86.0 Å². The van der Waals surface area contributed by atoms with Gasteiger partial charge in [0, 0.05) is 17.1 Å². The minimum absolute atomic E-state index is 0.000951. The van der Waals surface area contributed by atoms with Crippen LogP contribution in [0.1, 0.15) is 24.7 Å². The fraction of sp³-hybridized carbons (Fsp3) is 0.185. The molecule has 1 unspecified atom stereocenters. The van der Waals surface area contributed by atoms with E-state index in [-0.39, 0.29) is 16.8 Å². The Balaban J connectivity index is 1.28. The third-order valence-corrected chi connectivity index (χ3v) is 8.35. The summed E-state index contributed by atoms with van der Waals surface area (Å²) in [6, 6.07) is 14.8. The number of hydrogen-bond acceptors (Lipinski definition) is 9. The third kappa shape index (κ3) is 6.10. The van der Waals surface area contributed by atoms with Crippen molar-refractivity contribution in [2.75, 3.05) is 10.0 Å². The summed E-state index contributed by atoms with van der Waals surface area (Å²) in [6.45, 7) is 5.42. The maximum absolute atomic E-state index is 13.1. The topological polar surface area (TPSA) is 156 Å². The van der Waals surface area contributed by atoms with Crippen LogP contribution >= 0.6 is 11.8 Å². The monoisotopic (exact) mass is 578 g/mol. The van der Waals surface area contributed by atoms with Crippen LogP contribution in [0.2, 0.25) is 0 Å². The van der Waals surface area contributed by atoms with E-state index in [9.17, 15) is 13.2 Å². The summed E-state index contributed by atoms with van der Waals surface area (Å²) in [7, 11) is -3.91. The Kier molecular flexibility index (Phi) is 7.76. The summed E-state index contributed by atoms with van der Waals surface area (Å²) in [5.74, 6) is 0.916. The number of rotatable bonds is 10.